The number of nitrogens with zero attached hydrogens (tertiary/aromatic N) is 4. The van der Waals surface area contributed by atoms with Gasteiger partial charge >= 0.3 is 0 Å². The number of carbonyl (C=O) groups excluding carboxylic acids is 1. The van der Waals surface area contributed by atoms with Crippen LogP contribution in [0.2, 0.25) is 0 Å². The van der Waals surface area contributed by atoms with Crippen molar-refractivity contribution in [3.05, 3.63) is 65.1 Å². The summed E-state index contributed by atoms with van der Waals surface area (Å²) in [5.41, 5.74) is 4.49. The van der Waals surface area contributed by atoms with Crippen molar-refractivity contribution in [2.75, 3.05) is 19.7 Å². The van der Waals surface area contributed by atoms with Crippen LogP contribution in [0.25, 0.3) is 5.65 Å². The Kier molecular flexibility index (Phi) is 5.39. The van der Waals surface area contributed by atoms with Gasteiger partial charge in [-0.25, -0.2) is 9.50 Å². The number of aryl methyl sites for hydroxylation is 2. The Balaban J connectivity index is 1.56. The Hall–Kier alpha value is -2.73. The first kappa shape index (κ1) is 18.6. The van der Waals surface area contributed by atoms with Gasteiger partial charge in [0.05, 0.1) is 12.3 Å². The van der Waals surface area contributed by atoms with E-state index in [9.17, 15) is 4.79 Å². The molecule has 0 radical (unpaired) electrons. The smallest absolute Gasteiger partial charge is 0.259 e. The molecule has 0 aliphatic carbocycles. The van der Waals surface area contributed by atoms with E-state index in [1.54, 1.807) is 10.7 Å². The first-order valence-electron chi connectivity index (χ1n) is 9.87. The SMILES string of the molecule is Cc1ccc(CCN(CC2CCCO2)C(=O)c2cnn3ccc(C)nc23)cc1. The summed E-state index contributed by atoms with van der Waals surface area (Å²) >= 11 is 0. The molecule has 3 aromatic rings. The minimum Gasteiger partial charge on any atom is -0.376 e. The van der Waals surface area contributed by atoms with Crippen LogP contribution in [-0.2, 0) is 11.2 Å². The van der Waals surface area contributed by atoms with Crippen LogP contribution < -0.4 is 0 Å². The van der Waals surface area contributed by atoms with Gasteiger partial charge in [-0.05, 0) is 44.7 Å². The summed E-state index contributed by atoms with van der Waals surface area (Å²) in [5.74, 6) is -0.0317. The molecule has 4 rings (SSSR count). The van der Waals surface area contributed by atoms with Gasteiger partial charge in [-0.1, -0.05) is 29.8 Å². The number of ether oxygens (including phenoxy) is 1. The molecule has 1 atom stereocenters. The molecule has 28 heavy (non-hydrogen) atoms. The molecular formula is C22H26N4O2. The summed E-state index contributed by atoms with van der Waals surface area (Å²) in [7, 11) is 0. The van der Waals surface area contributed by atoms with Crippen LogP contribution in [-0.4, -0.2) is 51.2 Å². The minimum absolute atomic E-state index is 0.0317. The van der Waals surface area contributed by atoms with Crippen LogP contribution in [0.3, 0.4) is 0 Å². The van der Waals surface area contributed by atoms with Crippen LogP contribution in [0.15, 0.2) is 42.7 Å². The van der Waals surface area contributed by atoms with Gasteiger partial charge in [-0.3, -0.25) is 4.79 Å². The Morgan fingerprint density at radius 2 is 2.07 bits per heavy atom. The fraction of sp³-hybridized carbons (Fsp3) is 0.409. The van der Waals surface area contributed by atoms with Crippen molar-refractivity contribution in [3.63, 3.8) is 0 Å². The van der Waals surface area contributed by atoms with E-state index in [2.05, 4.69) is 41.3 Å². The zero-order chi connectivity index (χ0) is 19.5. The van der Waals surface area contributed by atoms with Gasteiger partial charge in [-0.2, -0.15) is 5.10 Å². The van der Waals surface area contributed by atoms with E-state index in [-0.39, 0.29) is 12.0 Å². The lowest BCUT2D eigenvalue weighted by molar-refractivity contribution is 0.0530. The van der Waals surface area contributed by atoms with Crippen LogP contribution in [0.5, 0.6) is 0 Å². The Bertz CT molecular complexity index is 958. The fourth-order valence-electron chi connectivity index (χ4n) is 3.61. The highest BCUT2D eigenvalue weighted by molar-refractivity contribution is 5.99. The summed E-state index contributed by atoms with van der Waals surface area (Å²) < 4.78 is 7.45. The van der Waals surface area contributed by atoms with Crippen LogP contribution in [0.1, 0.15) is 40.0 Å². The lowest BCUT2D eigenvalue weighted by atomic mass is 10.1. The van der Waals surface area contributed by atoms with E-state index in [4.69, 9.17) is 4.74 Å². The quantitative estimate of drug-likeness (QED) is 0.661. The number of hydrogen-bond donors (Lipinski definition) is 0. The van der Waals surface area contributed by atoms with E-state index in [0.717, 1.165) is 31.6 Å². The largest absolute Gasteiger partial charge is 0.376 e. The van der Waals surface area contributed by atoms with Crippen LogP contribution >= 0.6 is 0 Å². The molecule has 6 heteroatoms. The third-order valence-corrected chi connectivity index (χ3v) is 5.26. The molecule has 1 aliphatic heterocycles. The second kappa shape index (κ2) is 8.10. The number of rotatable bonds is 6. The molecule has 1 unspecified atom stereocenters. The maximum absolute atomic E-state index is 13.4. The predicted molar refractivity (Wildman–Crippen MR) is 107 cm³/mol. The number of amides is 1. The maximum atomic E-state index is 13.4. The molecule has 0 bridgehead atoms. The number of aromatic nitrogens is 3. The summed E-state index contributed by atoms with van der Waals surface area (Å²) in [4.78, 5) is 19.8. The van der Waals surface area contributed by atoms with Crippen molar-refractivity contribution >= 4 is 11.6 Å². The van der Waals surface area contributed by atoms with Gasteiger partial charge in [0.15, 0.2) is 5.65 Å². The van der Waals surface area contributed by atoms with Crippen molar-refractivity contribution in [1.82, 2.24) is 19.5 Å². The molecule has 146 valence electrons. The first-order valence-corrected chi connectivity index (χ1v) is 9.87. The zero-order valence-electron chi connectivity index (χ0n) is 16.5. The summed E-state index contributed by atoms with van der Waals surface area (Å²) in [6, 6.07) is 10.4. The number of benzene rings is 1. The zero-order valence-corrected chi connectivity index (χ0v) is 16.5. The van der Waals surface area contributed by atoms with E-state index in [1.165, 1.54) is 11.1 Å². The van der Waals surface area contributed by atoms with Crippen molar-refractivity contribution < 1.29 is 9.53 Å². The van der Waals surface area contributed by atoms with E-state index in [1.807, 2.05) is 24.1 Å². The predicted octanol–water partition coefficient (Wildman–Crippen LogP) is 3.21. The highest BCUT2D eigenvalue weighted by Gasteiger charge is 2.25. The Labute approximate surface area is 165 Å². The second-order valence-electron chi connectivity index (χ2n) is 7.52. The average Bonchev–Trinajstić information content (AvgIpc) is 3.35. The van der Waals surface area contributed by atoms with Gasteiger partial charge in [0.2, 0.25) is 0 Å². The average molecular weight is 378 g/mol. The standard InChI is InChI=1S/C22H26N4O2/c1-16-5-7-18(8-6-16)10-11-25(15-19-4-3-13-28-19)22(27)20-14-23-26-12-9-17(2)24-21(20)26/h5-9,12,14,19H,3-4,10-11,13,15H2,1-2H3. The summed E-state index contributed by atoms with van der Waals surface area (Å²) in [6.07, 6.45) is 6.44. The lowest BCUT2D eigenvalue weighted by Crippen LogP contribution is -2.38. The summed E-state index contributed by atoms with van der Waals surface area (Å²) in [6.45, 7) is 6.03. The first-order chi connectivity index (χ1) is 13.6. The molecule has 1 amide bonds. The topological polar surface area (TPSA) is 59.7 Å². The maximum Gasteiger partial charge on any atom is 0.259 e. The molecule has 3 heterocycles. The molecule has 1 aromatic carbocycles. The molecular weight excluding hydrogens is 352 g/mol. The normalized spacial score (nSPS) is 16.6. The molecule has 1 fully saturated rings. The molecule has 1 saturated heterocycles. The van der Waals surface area contributed by atoms with Crippen LogP contribution in [0.4, 0.5) is 0 Å². The van der Waals surface area contributed by atoms with Crippen molar-refractivity contribution in [1.29, 1.82) is 0 Å². The van der Waals surface area contributed by atoms with Crippen molar-refractivity contribution in [2.45, 2.75) is 39.2 Å². The molecule has 2 aromatic heterocycles. The van der Waals surface area contributed by atoms with Crippen LogP contribution in [0, 0.1) is 13.8 Å². The highest BCUT2D eigenvalue weighted by Crippen LogP contribution is 2.18. The third-order valence-electron chi connectivity index (χ3n) is 5.26. The fourth-order valence-corrected chi connectivity index (χ4v) is 3.61. The molecule has 0 saturated carbocycles. The molecule has 6 nitrogen and oxygen atoms in total. The van der Waals surface area contributed by atoms with E-state index in [0.29, 0.717) is 24.3 Å². The summed E-state index contributed by atoms with van der Waals surface area (Å²) in [5, 5.41) is 4.30. The molecule has 1 aliphatic rings. The van der Waals surface area contributed by atoms with Gasteiger partial charge < -0.3 is 9.64 Å². The third kappa shape index (κ3) is 4.07. The van der Waals surface area contributed by atoms with Gasteiger partial charge in [0.1, 0.15) is 5.56 Å². The second-order valence-corrected chi connectivity index (χ2v) is 7.52. The van der Waals surface area contributed by atoms with Gasteiger partial charge in [0, 0.05) is 31.6 Å². The number of carbonyl (C=O) groups is 1. The Morgan fingerprint density at radius 3 is 2.82 bits per heavy atom. The van der Waals surface area contributed by atoms with Gasteiger partial charge in [0.25, 0.3) is 5.91 Å². The van der Waals surface area contributed by atoms with E-state index < -0.39 is 0 Å². The number of fused-ring (bicyclic) bond motifs is 1. The molecule has 0 spiro atoms. The highest BCUT2D eigenvalue weighted by atomic mass is 16.5. The molecule has 0 N–H and O–H groups in total. The lowest BCUT2D eigenvalue weighted by Gasteiger charge is -2.25. The number of hydrogen-bond acceptors (Lipinski definition) is 4. The van der Waals surface area contributed by atoms with E-state index >= 15 is 0 Å². The Morgan fingerprint density at radius 1 is 1.25 bits per heavy atom. The monoisotopic (exact) mass is 378 g/mol. The van der Waals surface area contributed by atoms with Crippen molar-refractivity contribution in [2.24, 2.45) is 0 Å². The van der Waals surface area contributed by atoms with Crippen molar-refractivity contribution in [3.8, 4) is 0 Å². The van der Waals surface area contributed by atoms with Gasteiger partial charge in [-0.15, -0.1) is 0 Å². The minimum atomic E-state index is -0.0317.